The quantitative estimate of drug-likeness (QED) is 0.381. The lowest BCUT2D eigenvalue weighted by Gasteiger charge is -2.38. The van der Waals surface area contributed by atoms with Crippen molar-refractivity contribution in [1.29, 1.82) is 0 Å². The molecule has 30 heavy (non-hydrogen) atoms. The van der Waals surface area contributed by atoms with E-state index in [-0.39, 0.29) is 18.1 Å². The maximum atomic E-state index is 13.4. The summed E-state index contributed by atoms with van der Waals surface area (Å²) in [6.07, 6.45) is 0.329. The number of hydrogen-bond donors (Lipinski definition) is 0. The lowest BCUT2D eigenvalue weighted by molar-refractivity contribution is -0.0191. The molecule has 4 nitrogen and oxygen atoms in total. The Morgan fingerprint density at radius 1 is 1.07 bits per heavy atom. The Morgan fingerprint density at radius 2 is 1.87 bits per heavy atom. The molecule has 0 radical (unpaired) electrons. The zero-order valence-corrected chi connectivity index (χ0v) is 19.2. The van der Waals surface area contributed by atoms with E-state index in [4.69, 9.17) is 14.6 Å². The molecule has 0 saturated heterocycles. The predicted octanol–water partition coefficient (Wildman–Crippen LogP) is 6.60. The third-order valence-corrected chi connectivity index (χ3v) is 6.50. The van der Waals surface area contributed by atoms with Gasteiger partial charge in [0.1, 0.15) is 17.3 Å². The zero-order chi connectivity index (χ0) is 20.8. The van der Waals surface area contributed by atoms with Crippen molar-refractivity contribution in [2.75, 3.05) is 7.11 Å². The number of halogens is 3. The average molecular weight is 532 g/mol. The molecule has 2 aliphatic rings. The molecule has 5 rings (SSSR count). The first-order valence-corrected chi connectivity index (χ1v) is 11.0. The summed E-state index contributed by atoms with van der Waals surface area (Å²) in [7, 11) is 1.64. The standard InChI is InChI=1S/C23H17Br2FN2O2/c1-29-22-8-4-14(10-18(22)25)23-28-20(17-11-15(24)5-9-21(17)30-23)12-19(27-28)13-2-6-16(26)7-3-13/h2-11,20,23H,12H2,1H3/t20-,23-/m1/s1. The molecule has 2 atom stereocenters. The lowest BCUT2D eigenvalue weighted by Crippen LogP contribution is -2.33. The van der Waals surface area contributed by atoms with E-state index in [1.165, 1.54) is 12.1 Å². The molecule has 7 heteroatoms. The highest BCUT2D eigenvalue weighted by molar-refractivity contribution is 9.10. The molecule has 3 aromatic rings. The molecule has 0 spiro atoms. The molecule has 0 N–H and O–H groups in total. The van der Waals surface area contributed by atoms with Gasteiger partial charge in [-0.25, -0.2) is 9.40 Å². The summed E-state index contributed by atoms with van der Waals surface area (Å²) in [6, 6.07) is 18.4. The highest BCUT2D eigenvalue weighted by Crippen LogP contribution is 2.48. The van der Waals surface area contributed by atoms with Gasteiger partial charge in [-0.1, -0.05) is 28.1 Å². The highest BCUT2D eigenvalue weighted by atomic mass is 79.9. The second-order valence-electron chi connectivity index (χ2n) is 7.20. The number of hydrazone groups is 1. The van der Waals surface area contributed by atoms with Gasteiger partial charge in [0.05, 0.1) is 23.3 Å². The smallest absolute Gasteiger partial charge is 0.213 e. The van der Waals surface area contributed by atoms with Gasteiger partial charge in [0.2, 0.25) is 6.23 Å². The Kier molecular flexibility index (Phi) is 5.03. The van der Waals surface area contributed by atoms with Gasteiger partial charge in [-0.3, -0.25) is 0 Å². The summed E-state index contributed by atoms with van der Waals surface area (Å²) in [5.41, 5.74) is 3.87. The number of ether oxygens (including phenoxy) is 2. The van der Waals surface area contributed by atoms with Gasteiger partial charge >= 0.3 is 0 Å². The molecule has 0 fully saturated rings. The van der Waals surface area contributed by atoms with Crippen LogP contribution in [0.2, 0.25) is 0 Å². The van der Waals surface area contributed by atoms with E-state index >= 15 is 0 Å². The Labute approximate surface area is 190 Å². The molecule has 3 aromatic carbocycles. The fourth-order valence-electron chi connectivity index (χ4n) is 3.93. The van der Waals surface area contributed by atoms with Gasteiger partial charge in [-0.05, 0) is 70.0 Å². The Balaban J connectivity index is 1.59. The first-order chi connectivity index (χ1) is 14.5. The van der Waals surface area contributed by atoms with Crippen LogP contribution in [0.25, 0.3) is 0 Å². The molecule has 0 aromatic heterocycles. The van der Waals surface area contributed by atoms with Crippen LogP contribution in [0.3, 0.4) is 0 Å². The lowest BCUT2D eigenvalue weighted by atomic mass is 9.96. The largest absolute Gasteiger partial charge is 0.496 e. The van der Waals surface area contributed by atoms with Crippen molar-refractivity contribution >= 4 is 37.6 Å². The first kappa shape index (κ1) is 19.6. The minimum absolute atomic E-state index is 0.0252. The Bertz CT molecular complexity index is 1150. The topological polar surface area (TPSA) is 34.1 Å². The molecular weight excluding hydrogens is 515 g/mol. The molecule has 2 heterocycles. The molecular formula is C23H17Br2FN2O2. The van der Waals surface area contributed by atoms with Gasteiger partial charge in [0, 0.05) is 22.0 Å². The van der Waals surface area contributed by atoms with E-state index in [1.54, 1.807) is 19.2 Å². The third kappa shape index (κ3) is 3.40. The van der Waals surface area contributed by atoms with Gasteiger partial charge in [-0.2, -0.15) is 5.10 Å². The Hall–Kier alpha value is -2.38. The van der Waals surface area contributed by atoms with Gasteiger partial charge in [0.25, 0.3) is 0 Å². The van der Waals surface area contributed by atoms with Gasteiger partial charge in [-0.15, -0.1) is 0 Å². The number of hydrogen-bond acceptors (Lipinski definition) is 4. The maximum absolute atomic E-state index is 13.4. The SMILES string of the molecule is COc1ccc([C@H]2Oc3ccc(Br)cc3[C@H]3CC(c4ccc(F)cc4)=NN32)cc1Br. The van der Waals surface area contributed by atoms with Crippen molar-refractivity contribution in [3.63, 3.8) is 0 Å². The molecule has 0 unspecified atom stereocenters. The van der Waals surface area contributed by atoms with Crippen LogP contribution in [0, 0.1) is 5.82 Å². The van der Waals surface area contributed by atoms with E-state index in [2.05, 4.69) is 37.9 Å². The van der Waals surface area contributed by atoms with E-state index in [0.29, 0.717) is 6.42 Å². The van der Waals surface area contributed by atoms with Crippen LogP contribution in [-0.4, -0.2) is 17.8 Å². The summed E-state index contributed by atoms with van der Waals surface area (Å²) in [4.78, 5) is 0. The second kappa shape index (κ2) is 7.71. The summed E-state index contributed by atoms with van der Waals surface area (Å²) in [5.74, 6) is 1.34. The van der Waals surface area contributed by atoms with Crippen LogP contribution < -0.4 is 9.47 Å². The van der Waals surface area contributed by atoms with Crippen LogP contribution in [-0.2, 0) is 0 Å². The number of benzene rings is 3. The van der Waals surface area contributed by atoms with E-state index in [9.17, 15) is 4.39 Å². The van der Waals surface area contributed by atoms with Crippen LogP contribution >= 0.6 is 31.9 Å². The zero-order valence-electron chi connectivity index (χ0n) is 16.0. The molecule has 0 bridgehead atoms. The van der Waals surface area contributed by atoms with Crippen LogP contribution in [0.15, 0.2) is 74.7 Å². The predicted molar refractivity (Wildman–Crippen MR) is 120 cm³/mol. The summed E-state index contributed by atoms with van der Waals surface area (Å²) < 4.78 is 27.0. The van der Waals surface area contributed by atoms with Crippen molar-refractivity contribution in [3.8, 4) is 11.5 Å². The molecule has 2 aliphatic heterocycles. The van der Waals surface area contributed by atoms with E-state index in [0.717, 1.165) is 42.8 Å². The Morgan fingerprint density at radius 3 is 2.60 bits per heavy atom. The second-order valence-corrected chi connectivity index (χ2v) is 8.97. The van der Waals surface area contributed by atoms with Gasteiger partial charge < -0.3 is 9.47 Å². The van der Waals surface area contributed by atoms with Crippen LogP contribution in [0.5, 0.6) is 11.5 Å². The molecule has 0 aliphatic carbocycles. The monoisotopic (exact) mass is 530 g/mol. The van der Waals surface area contributed by atoms with E-state index in [1.807, 2.05) is 35.3 Å². The molecule has 0 saturated carbocycles. The fraction of sp³-hybridized carbons (Fsp3) is 0.174. The van der Waals surface area contributed by atoms with Crippen molar-refractivity contribution in [2.45, 2.75) is 18.7 Å². The number of rotatable bonds is 3. The van der Waals surface area contributed by atoms with Crippen molar-refractivity contribution < 1.29 is 13.9 Å². The average Bonchev–Trinajstić information content (AvgIpc) is 3.19. The van der Waals surface area contributed by atoms with Crippen molar-refractivity contribution in [3.05, 3.63) is 92.1 Å². The summed E-state index contributed by atoms with van der Waals surface area (Å²) in [6.45, 7) is 0. The van der Waals surface area contributed by atoms with Crippen LogP contribution in [0.4, 0.5) is 4.39 Å². The first-order valence-electron chi connectivity index (χ1n) is 9.45. The number of methoxy groups -OCH3 is 1. The molecule has 152 valence electrons. The number of fused-ring (bicyclic) bond motifs is 3. The fourth-order valence-corrected chi connectivity index (χ4v) is 4.87. The third-order valence-electron chi connectivity index (χ3n) is 5.39. The van der Waals surface area contributed by atoms with Crippen LogP contribution in [0.1, 0.15) is 35.4 Å². The summed E-state index contributed by atoms with van der Waals surface area (Å²) in [5, 5.41) is 6.91. The number of nitrogens with zero attached hydrogens (tertiary/aromatic N) is 2. The summed E-state index contributed by atoms with van der Waals surface area (Å²) >= 11 is 7.13. The minimum atomic E-state index is -0.385. The van der Waals surface area contributed by atoms with Gasteiger partial charge in [0.15, 0.2) is 0 Å². The minimum Gasteiger partial charge on any atom is -0.496 e. The normalized spacial score (nSPS) is 19.6. The van der Waals surface area contributed by atoms with Crippen molar-refractivity contribution in [1.82, 2.24) is 5.01 Å². The van der Waals surface area contributed by atoms with E-state index < -0.39 is 0 Å². The molecule has 0 amide bonds. The maximum Gasteiger partial charge on any atom is 0.213 e. The van der Waals surface area contributed by atoms with Crippen molar-refractivity contribution in [2.24, 2.45) is 5.10 Å². The highest BCUT2D eigenvalue weighted by Gasteiger charge is 2.41.